The van der Waals surface area contributed by atoms with Crippen molar-refractivity contribution >= 4 is 11.9 Å². The van der Waals surface area contributed by atoms with E-state index in [0.717, 1.165) is 24.2 Å². The normalized spacial score (nSPS) is 16.5. The van der Waals surface area contributed by atoms with Crippen LogP contribution < -0.4 is 14.8 Å². The van der Waals surface area contributed by atoms with Crippen molar-refractivity contribution in [1.29, 1.82) is 0 Å². The van der Waals surface area contributed by atoms with E-state index in [1.165, 1.54) is 0 Å². The quantitative estimate of drug-likeness (QED) is 0.730. The largest absolute Gasteiger partial charge is 0.493 e. The van der Waals surface area contributed by atoms with Crippen LogP contribution >= 0.6 is 0 Å². The molecule has 4 rings (SSSR count). The predicted molar refractivity (Wildman–Crippen MR) is 107 cm³/mol. The molecule has 0 aliphatic carbocycles. The number of carbonyl (C=O) groups excluding carboxylic acids is 2. The van der Waals surface area contributed by atoms with Crippen molar-refractivity contribution in [3.63, 3.8) is 0 Å². The average molecular weight is 414 g/mol. The number of rotatable bonds is 7. The van der Waals surface area contributed by atoms with E-state index in [1.54, 1.807) is 23.8 Å². The van der Waals surface area contributed by atoms with Crippen LogP contribution in [-0.4, -0.2) is 70.6 Å². The molecule has 10 heteroatoms. The van der Waals surface area contributed by atoms with Gasteiger partial charge in [-0.3, -0.25) is 4.79 Å². The van der Waals surface area contributed by atoms with Gasteiger partial charge in [-0.05, 0) is 24.1 Å². The van der Waals surface area contributed by atoms with E-state index in [1.807, 2.05) is 29.3 Å². The first kappa shape index (κ1) is 20.0. The standard InChI is InChI=1S/C20H26N6O4/c1-29-17-6-5-14(8-18(17)30-2)9-21-20(28)25-12-16(13-25)26-11-15(22-23-26)10-24-7-3-4-19(24)27/h5-6,8,11,16H,3-4,7,9-10,12-13H2,1-2H3,(H,21,28). The summed E-state index contributed by atoms with van der Waals surface area (Å²) in [4.78, 5) is 27.7. The van der Waals surface area contributed by atoms with Crippen LogP contribution in [0.3, 0.4) is 0 Å². The number of carbonyl (C=O) groups is 2. The molecule has 160 valence electrons. The van der Waals surface area contributed by atoms with E-state index in [2.05, 4.69) is 15.6 Å². The second-order valence-electron chi connectivity index (χ2n) is 7.52. The molecule has 2 aliphatic rings. The van der Waals surface area contributed by atoms with Gasteiger partial charge in [0, 0.05) is 32.6 Å². The molecular weight excluding hydrogens is 388 g/mol. The minimum absolute atomic E-state index is 0.104. The summed E-state index contributed by atoms with van der Waals surface area (Å²) in [6.45, 7) is 2.83. The van der Waals surface area contributed by atoms with Crippen LogP contribution in [0.25, 0.3) is 0 Å². The smallest absolute Gasteiger partial charge is 0.317 e. The lowest BCUT2D eigenvalue weighted by Crippen LogP contribution is -2.54. The summed E-state index contributed by atoms with van der Waals surface area (Å²) in [5.74, 6) is 1.45. The first-order valence-electron chi connectivity index (χ1n) is 9.99. The Balaban J connectivity index is 1.24. The highest BCUT2D eigenvalue weighted by molar-refractivity contribution is 5.78. The highest BCUT2D eigenvalue weighted by Gasteiger charge is 2.33. The molecule has 0 bridgehead atoms. The molecule has 1 N–H and O–H groups in total. The molecule has 1 aromatic carbocycles. The van der Waals surface area contributed by atoms with Gasteiger partial charge >= 0.3 is 6.03 Å². The van der Waals surface area contributed by atoms with Crippen molar-refractivity contribution in [3.8, 4) is 11.5 Å². The Labute approximate surface area is 174 Å². The lowest BCUT2D eigenvalue weighted by atomic mass is 10.1. The summed E-state index contributed by atoms with van der Waals surface area (Å²) in [5, 5.41) is 11.3. The maximum Gasteiger partial charge on any atom is 0.317 e. The Morgan fingerprint density at radius 2 is 2.03 bits per heavy atom. The number of nitrogens with zero attached hydrogens (tertiary/aromatic N) is 5. The van der Waals surface area contributed by atoms with Gasteiger partial charge in [-0.1, -0.05) is 11.3 Å². The van der Waals surface area contributed by atoms with Crippen LogP contribution in [0.4, 0.5) is 4.79 Å². The van der Waals surface area contributed by atoms with Gasteiger partial charge in [0.15, 0.2) is 11.5 Å². The fourth-order valence-corrected chi connectivity index (χ4v) is 3.70. The molecule has 1 aromatic heterocycles. The van der Waals surface area contributed by atoms with Gasteiger partial charge in [0.05, 0.1) is 33.0 Å². The lowest BCUT2D eigenvalue weighted by Gasteiger charge is -2.38. The monoisotopic (exact) mass is 414 g/mol. The van der Waals surface area contributed by atoms with Gasteiger partial charge in [-0.25, -0.2) is 9.48 Å². The molecule has 2 saturated heterocycles. The zero-order chi connectivity index (χ0) is 21.1. The highest BCUT2D eigenvalue weighted by atomic mass is 16.5. The van der Waals surface area contributed by atoms with Gasteiger partial charge in [0.25, 0.3) is 0 Å². The molecule has 2 aromatic rings. The molecule has 2 aliphatic heterocycles. The van der Waals surface area contributed by atoms with Gasteiger partial charge in [0.2, 0.25) is 5.91 Å². The van der Waals surface area contributed by atoms with Crippen LogP contribution in [0.2, 0.25) is 0 Å². The van der Waals surface area contributed by atoms with Crippen LogP contribution in [0.15, 0.2) is 24.4 Å². The van der Waals surface area contributed by atoms with Gasteiger partial charge in [-0.15, -0.1) is 5.10 Å². The first-order chi connectivity index (χ1) is 14.6. The SMILES string of the molecule is COc1ccc(CNC(=O)N2CC(n3cc(CN4CCCC4=O)nn3)C2)cc1OC. The van der Waals surface area contributed by atoms with Crippen LogP contribution in [-0.2, 0) is 17.9 Å². The molecule has 0 unspecified atom stereocenters. The predicted octanol–water partition coefficient (Wildman–Crippen LogP) is 1.18. The summed E-state index contributed by atoms with van der Waals surface area (Å²) >= 11 is 0. The Bertz CT molecular complexity index is 924. The van der Waals surface area contributed by atoms with E-state index in [-0.39, 0.29) is 18.0 Å². The zero-order valence-corrected chi connectivity index (χ0v) is 17.2. The second-order valence-corrected chi connectivity index (χ2v) is 7.52. The molecule has 0 radical (unpaired) electrons. The molecule has 3 heterocycles. The van der Waals surface area contributed by atoms with E-state index in [9.17, 15) is 9.59 Å². The maximum atomic E-state index is 12.4. The number of methoxy groups -OCH3 is 2. The summed E-state index contributed by atoms with van der Waals surface area (Å²) < 4.78 is 12.3. The van der Waals surface area contributed by atoms with E-state index in [4.69, 9.17) is 9.47 Å². The average Bonchev–Trinajstić information content (AvgIpc) is 3.34. The number of ether oxygens (including phenoxy) is 2. The number of nitrogens with one attached hydrogen (secondary N) is 1. The lowest BCUT2D eigenvalue weighted by molar-refractivity contribution is -0.128. The Kier molecular flexibility index (Phi) is 5.73. The molecule has 10 nitrogen and oxygen atoms in total. The minimum atomic E-state index is -0.121. The maximum absolute atomic E-state index is 12.4. The van der Waals surface area contributed by atoms with Crippen molar-refractivity contribution in [3.05, 3.63) is 35.7 Å². The number of amides is 3. The molecule has 0 atom stereocenters. The highest BCUT2D eigenvalue weighted by Crippen LogP contribution is 2.27. The molecule has 30 heavy (non-hydrogen) atoms. The molecule has 2 fully saturated rings. The molecule has 3 amide bonds. The summed E-state index contributed by atoms with van der Waals surface area (Å²) in [7, 11) is 3.17. The van der Waals surface area contributed by atoms with E-state index >= 15 is 0 Å². The Morgan fingerprint density at radius 1 is 1.23 bits per heavy atom. The van der Waals surface area contributed by atoms with Crippen molar-refractivity contribution in [2.24, 2.45) is 0 Å². The Morgan fingerprint density at radius 3 is 2.73 bits per heavy atom. The number of benzene rings is 1. The molecule has 0 spiro atoms. The van der Waals surface area contributed by atoms with Crippen molar-refractivity contribution in [2.75, 3.05) is 33.9 Å². The first-order valence-corrected chi connectivity index (χ1v) is 9.99. The Hall–Kier alpha value is -3.30. The molecule has 0 saturated carbocycles. The third kappa shape index (κ3) is 4.17. The zero-order valence-electron chi connectivity index (χ0n) is 17.2. The third-order valence-corrected chi connectivity index (χ3v) is 5.50. The summed E-state index contributed by atoms with van der Waals surface area (Å²) in [5.41, 5.74) is 1.71. The van der Waals surface area contributed by atoms with Crippen molar-refractivity contribution in [1.82, 2.24) is 30.1 Å². The van der Waals surface area contributed by atoms with Gasteiger partial charge < -0.3 is 24.6 Å². The fraction of sp³-hybridized carbons (Fsp3) is 0.500. The third-order valence-electron chi connectivity index (χ3n) is 5.50. The van der Waals surface area contributed by atoms with Gasteiger partial charge in [-0.2, -0.15) is 0 Å². The van der Waals surface area contributed by atoms with Crippen LogP contribution in [0.1, 0.15) is 30.1 Å². The van der Waals surface area contributed by atoms with Crippen LogP contribution in [0, 0.1) is 0 Å². The topological polar surface area (TPSA) is 102 Å². The van der Waals surface area contributed by atoms with Crippen LogP contribution in [0.5, 0.6) is 11.5 Å². The minimum Gasteiger partial charge on any atom is -0.493 e. The number of hydrogen-bond acceptors (Lipinski definition) is 6. The van der Waals surface area contributed by atoms with Crippen molar-refractivity contribution in [2.45, 2.75) is 32.0 Å². The number of hydrogen-bond donors (Lipinski definition) is 1. The second kappa shape index (κ2) is 8.60. The summed E-state index contributed by atoms with van der Waals surface area (Å²) in [6, 6.07) is 5.54. The number of aromatic nitrogens is 3. The summed E-state index contributed by atoms with van der Waals surface area (Å²) in [6.07, 6.45) is 3.39. The van der Waals surface area contributed by atoms with Gasteiger partial charge in [0.1, 0.15) is 5.69 Å². The van der Waals surface area contributed by atoms with E-state index < -0.39 is 0 Å². The van der Waals surface area contributed by atoms with E-state index in [0.29, 0.717) is 44.1 Å². The molecular formula is C20H26N6O4. The number of urea groups is 1. The van der Waals surface area contributed by atoms with Crippen molar-refractivity contribution < 1.29 is 19.1 Å². The fourth-order valence-electron chi connectivity index (χ4n) is 3.70. The number of likely N-dealkylation sites (tertiary alicyclic amines) is 2.